The second-order valence-corrected chi connectivity index (χ2v) is 7.91. The Hall–Kier alpha value is -1.70. The number of rotatable bonds is 2. The quantitative estimate of drug-likeness (QED) is 0.828. The summed E-state index contributed by atoms with van der Waals surface area (Å²) in [6, 6.07) is 20.2. The van der Waals surface area contributed by atoms with Crippen LogP contribution in [0.15, 0.2) is 60.7 Å². The zero-order valence-electron chi connectivity index (χ0n) is 9.80. The van der Waals surface area contributed by atoms with Crippen molar-refractivity contribution in [3.05, 3.63) is 60.7 Å². The summed E-state index contributed by atoms with van der Waals surface area (Å²) in [4.78, 5) is 16.6. The van der Waals surface area contributed by atoms with E-state index in [1.165, 1.54) is 10.6 Å². The maximum absolute atomic E-state index is 11.6. The fourth-order valence-electron chi connectivity index (χ4n) is 2.37. The minimum absolute atomic E-state index is 0.172. The van der Waals surface area contributed by atoms with Gasteiger partial charge in [-0.05, 0) is 0 Å². The molecule has 3 rings (SSSR count). The Balaban J connectivity index is 2.14. The average molecular weight is 259 g/mol. The molecule has 92 valence electrons. The van der Waals surface area contributed by atoms with Crippen LogP contribution in [0.2, 0.25) is 0 Å². The number of hydrogen-bond acceptors (Lipinski definition) is 3. The van der Waals surface area contributed by atoms with Gasteiger partial charge < -0.3 is 0 Å². The molecule has 1 aliphatic rings. The molecule has 4 heteroatoms. The van der Waals surface area contributed by atoms with E-state index in [1.807, 2.05) is 36.4 Å². The van der Waals surface area contributed by atoms with Crippen LogP contribution in [0.25, 0.3) is 0 Å². The van der Waals surface area contributed by atoms with Crippen molar-refractivity contribution in [3.63, 3.8) is 0 Å². The summed E-state index contributed by atoms with van der Waals surface area (Å²) in [6.45, 7) is 0. The van der Waals surface area contributed by atoms with Crippen LogP contribution in [0.3, 0.4) is 0 Å². The Bertz CT molecular complexity index is 517. The first kappa shape index (κ1) is 11.4. The molecule has 0 amide bonds. The molecule has 1 fully saturated rings. The second kappa shape index (κ2) is 4.52. The molecule has 1 aliphatic heterocycles. The number of hydrogen-bond donors (Lipinski definition) is 1. The number of carbonyl (C=O) groups is 1. The molecule has 0 unspecified atom stereocenters. The van der Waals surface area contributed by atoms with Gasteiger partial charge in [-0.3, -0.25) is 0 Å². The molecular formula is C14H14NO2P. The molecule has 0 aromatic heterocycles. The average Bonchev–Trinajstić information content (AvgIpc) is 2.84. The third-order valence-electron chi connectivity index (χ3n) is 3.28. The number of benzene rings is 2. The van der Waals surface area contributed by atoms with Gasteiger partial charge in [0.1, 0.15) is 0 Å². The normalized spacial score (nSPS) is 19.2. The van der Waals surface area contributed by atoms with Crippen molar-refractivity contribution in [1.82, 2.24) is 5.25 Å². The van der Waals surface area contributed by atoms with Crippen LogP contribution < -0.4 is 15.9 Å². The van der Waals surface area contributed by atoms with Crippen LogP contribution in [-0.4, -0.2) is 12.1 Å². The molecule has 1 saturated heterocycles. The fraction of sp³-hybridized carbons (Fsp3) is 0.0714. The van der Waals surface area contributed by atoms with Gasteiger partial charge in [0.15, 0.2) is 0 Å². The van der Waals surface area contributed by atoms with Gasteiger partial charge in [0.2, 0.25) is 0 Å². The summed E-state index contributed by atoms with van der Waals surface area (Å²) in [7, 11) is -2.27. The Kier molecular flexibility index (Phi) is 2.86. The van der Waals surface area contributed by atoms with E-state index in [-0.39, 0.29) is 5.97 Å². The van der Waals surface area contributed by atoms with Crippen LogP contribution >= 0.6 is 7.41 Å². The van der Waals surface area contributed by atoms with Gasteiger partial charge >= 0.3 is 106 Å². The molecule has 1 N–H and O–H groups in total. The molecular weight excluding hydrogens is 245 g/mol. The Morgan fingerprint density at radius 2 is 1.39 bits per heavy atom. The van der Waals surface area contributed by atoms with Crippen LogP contribution in [0.5, 0.6) is 0 Å². The summed E-state index contributed by atoms with van der Waals surface area (Å²) in [5.74, 6) is -0.172. The molecule has 0 aliphatic carbocycles. The second-order valence-electron chi connectivity index (χ2n) is 4.39. The van der Waals surface area contributed by atoms with E-state index in [1.54, 1.807) is 0 Å². The van der Waals surface area contributed by atoms with Gasteiger partial charge in [-0.15, -0.1) is 0 Å². The van der Waals surface area contributed by atoms with Crippen LogP contribution in [-0.2, 0) is 9.63 Å². The summed E-state index contributed by atoms with van der Waals surface area (Å²) in [5.41, 5.74) is 0. The standard InChI is InChI=1S/C14H14NO2P/c16-14-11-18(15-17-14,12-7-3-1-4-8-12)13-9-5-2-6-10-13/h1-10,15,18H,11H2. The van der Waals surface area contributed by atoms with Crippen LogP contribution in [0.4, 0.5) is 0 Å². The van der Waals surface area contributed by atoms with Gasteiger partial charge in [0.05, 0.1) is 0 Å². The Morgan fingerprint density at radius 3 is 1.78 bits per heavy atom. The van der Waals surface area contributed by atoms with E-state index >= 15 is 0 Å². The molecule has 0 radical (unpaired) electrons. The molecule has 18 heavy (non-hydrogen) atoms. The molecule has 0 bridgehead atoms. The van der Waals surface area contributed by atoms with Gasteiger partial charge in [-0.25, -0.2) is 0 Å². The Morgan fingerprint density at radius 1 is 0.889 bits per heavy atom. The van der Waals surface area contributed by atoms with E-state index < -0.39 is 7.41 Å². The van der Waals surface area contributed by atoms with Crippen LogP contribution in [0, 0.1) is 0 Å². The SMILES string of the molecule is O=C1C[PH](c2ccccc2)(c2ccccc2)NO1. The minimum atomic E-state index is -2.27. The van der Waals surface area contributed by atoms with E-state index in [9.17, 15) is 4.79 Å². The first-order chi connectivity index (χ1) is 8.81. The molecule has 1 heterocycles. The molecule has 0 atom stereocenters. The maximum atomic E-state index is 11.6. The summed E-state index contributed by atoms with van der Waals surface area (Å²) in [6.07, 6.45) is 0.445. The topological polar surface area (TPSA) is 38.3 Å². The third-order valence-corrected chi connectivity index (χ3v) is 7.19. The predicted octanol–water partition coefficient (Wildman–Crippen LogP) is 1.36. The van der Waals surface area contributed by atoms with E-state index in [4.69, 9.17) is 4.84 Å². The van der Waals surface area contributed by atoms with Crippen molar-refractivity contribution >= 4 is 24.0 Å². The summed E-state index contributed by atoms with van der Waals surface area (Å²) >= 11 is 0. The number of carbonyl (C=O) groups excluding carboxylic acids is 1. The first-order valence-electron chi connectivity index (χ1n) is 5.89. The third kappa shape index (κ3) is 1.82. The van der Waals surface area contributed by atoms with Gasteiger partial charge in [-0.1, -0.05) is 0 Å². The zero-order valence-corrected chi connectivity index (χ0v) is 10.8. The van der Waals surface area contributed by atoms with Crippen molar-refractivity contribution in [2.75, 3.05) is 6.16 Å². The molecule has 2 aromatic carbocycles. The molecule has 0 spiro atoms. The summed E-state index contributed by atoms with van der Waals surface area (Å²) < 4.78 is 0. The van der Waals surface area contributed by atoms with Gasteiger partial charge in [0.25, 0.3) is 0 Å². The molecule has 0 saturated carbocycles. The van der Waals surface area contributed by atoms with Gasteiger partial charge in [0, 0.05) is 0 Å². The van der Waals surface area contributed by atoms with Crippen molar-refractivity contribution < 1.29 is 9.63 Å². The van der Waals surface area contributed by atoms with E-state index in [0.29, 0.717) is 6.16 Å². The summed E-state index contributed by atoms with van der Waals surface area (Å²) in [5, 5.41) is 5.38. The van der Waals surface area contributed by atoms with Crippen molar-refractivity contribution in [2.45, 2.75) is 0 Å². The Labute approximate surface area is 106 Å². The van der Waals surface area contributed by atoms with Crippen molar-refractivity contribution in [3.8, 4) is 0 Å². The van der Waals surface area contributed by atoms with Gasteiger partial charge in [-0.2, -0.15) is 0 Å². The molecule has 3 nitrogen and oxygen atoms in total. The molecule has 2 aromatic rings. The zero-order chi connectivity index (χ0) is 12.4. The fourth-order valence-corrected chi connectivity index (χ4v) is 5.73. The van der Waals surface area contributed by atoms with E-state index in [2.05, 4.69) is 29.5 Å². The predicted molar refractivity (Wildman–Crippen MR) is 74.6 cm³/mol. The number of nitrogens with one attached hydrogen (secondary N) is 1. The first-order valence-corrected chi connectivity index (χ1v) is 8.10. The van der Waals surface area contributed by atoms with Crippen molar-refractivity contribution in [2.24, 2.45) is 0 Å². The van der Waals surface area contributed by atoms with E-state index in [0.717, 1.165) is 0 Å². The van der Waals surface area contributed by atoms with Crippen LogP contribution in [0.1, 0.15) is 0 Å². The van der Waals surface area contributed by atoms with Crippen molar-refractivity contribution in [1.29, 1.82) is 0 Å². The monoisotopic (exact) mass is 259 g/mol.